The van der Waals surface area contributed by atoms with Gasteiger partial charge in [-0.05, 0) is 28.1 Å². The first kappa shape index (κ1) is 21.0. The van der Waals surface area contributed by atoms with Gasteiger partial charge in [-0.15, -0.1) is 21.5 Å². The van der Waals surface area contributed by atoms with E-state index in [0.29, 0.717) is 31.4 Å². The minimum absolute atomic E-state index is 0.0135. The minimum atomic E-state index is -0.0135. The summed E-state index contributed by atoms with van der Waals surface area (Å²) < 4.78 is 10.9. The Kier molecular flexibility index (Phi) is 6.86. The van der Waals surface area contributed by atoms with E-state index in [1.54, 1.807) is 12.0 Å². The molecule has 2 aromatic heterocycles. The largest absolute Gasteiger partial charge is 0.418 e. The van der Waals surface area contributed by atoms with Crippen molar-refractivity contribution in [3.63, 3.8) is 0 Å². The van der Waals surface area contributed by atoms with E-state index < -0.39 is 0 Å². The van der Waals surface area contributed by atoms with Crippen molar-refractivity contribution in [3.8, 4) is 21.9 Å². The van der Waals surface area contributed by atoms with Crippen molar-refractivity contribution in [2.24, 2.45) is 0 Å². The van der Waals surface area contributed by atoms with Crippen LogP contribution >= 0.6 is 11.3 Å². The summed E-state index contributed by atoms with van der Waals surface area (Å²) in [6, 6.07) is 22.1. The zero-order chi connectivity index (χ0) is 21.5. The fourth-order valence-electron chi connectivity index (χ4n) is 3.21. The Morgan fingerprint density at radius 2 is 1.77 bits per heavy atom. The highest BCUT2D eigenvalue weighted by Gasteiger charge is 2.18. The van der Waals surface area contributed by atoms with E-state index in [1.807, 2.05) is 60.0 Å². The quantitative estimate of drug-likeness (QED) is 0.383. The SMILES string of the molecule is COCCN(Cc1nnc(-c2cccs2)o1)C(=O)Cc1ccc(-c2ccccc2)cc1. The van der Waals surface area contributed by atoms with E-state index in [-0.39, 0.29) is 12.5 Å². The average Bonchev–Trinajstić information content (AvgIpc) is 3.50. The molecule has 0 aliphatic carbocycles. The molecule has 0 aliphatic heterocycles. The van der Waals surface area contributed by atoms with Crippen molar-refractivity contribution >= 4 is 17.2 Å². The van der Waals surface area contributed by atoms with Gasteiger partial charge in [-0.25, -0.2) is 0 Å². The summed E-state index contributed by atoms with van der Waals surface area (Å²) in [6.07, 6.45) is 0.296. The summed E-state index contributed by atoms with van der Waals surface area (Å²) in [5.74, 6) is 0.869. The maximum Gasteiger partial charge on any atom is 0.257 e. The van der Waals surface area contributed by atoms with Gasteiger partial charge in [-0.1, -0.05) is 60.7 Å². The van der Waals surface area contributed by atoms with Crippen molar-refractivity contribution in [2.75, 3.05) is 20.3 Å². The molecule has 0 radical (unpaired) electrons. The van der Waals surface area contributed by atoms with Gasteiger partial charge in [0.25, 0.3) is 5.89 Å². The molecule has 0 bridgehead atoms. The van der Waals surface area contributed by atoms with Gasteiger partial charge < -0.3 is 14.1 Å². The van der Waals surface area contributed by atoms with E-state index in [2.05, 4.69) is 22.3 Å². The van der Waals surface area contributed by atoms with Gasteiger partial charge in [0.1, 0.15) is 0 Å². The zero-order valence-corrected chi connectivity index (χ0v) is 18.0. The normalized spacial score (nSPS) is 10.9. The van der Waals surface area contributed by atoms with Crippen molar-refractivity contribution in [3.05, 3.63) is 83.6 Å². The first-order chi connectivity index (χ1) is 15.2. The molecule has 0 atom stereocenters. The molecule has 0 aliphatic rings. The Bertz CT molecular complexity index is 1090. The third kappa shape index (κ3) is 5.45. The molecule has 6 nitrogen and oxygen atoms in total. The molecule has 1 amide bonds. The van der Waals surface area contributed by atoms with Crippen LogP contribution in [0.25, 0.3) is 21.9 Å². The number of methoxy groups -OCH3 is 1. The van der Waals surface area contributed by atoms with E-state index >= 15 is 0 Å². The highest BCUT2D eigenvalue weighted by atomic mass is 32.1. The molecule has 0 N–H and O–H groups in total. The summed E-state index contributed by atoms with van der Waals surface area (Å²) in [6.45, 7) is 1.14. The number of amides is 1. The lowest BCUT2D eigenvalue weighted by molar-refractivity contribution is -0.132. The summed E-state index contributed by atoms with van der Waals surface area (Å²) in [5, 5.41) is 10.2. The van der Waals surface area contributed by atoms with E-state index in [0.717, 1.165) is 21.6 Å². The molecule has 2 heterocycles. The van der Waals surface area contributed by atoms with Crippen molar-refractivity contribution < 1.29 is 13.9 Å². The van der Waals surface area contributed by atoms with E-state index in [1.165, 1.54) is 11.3 Å². The molecule has 31 heavy (non-hydrogen) atoms. The predicted octanol–water partition coefficient (Wildman–Crippen LogP) is 4.68. The second-order valence-corrected chi connectivity index (χ2v) is 7.97. The number of ether oxygens (including phenoxy) is 1. The minimum Gasteiger partial charge on any atom is -0.418 e. The van der Waals surface area contributed by atoms with E-state index in [9.17, 15) is 4.79 Å². The van der Waals surface area contributed by atoms with Gasteiger partial charge in [0.2, 0.25) is 11.8 Å². The Morgan fingerprint density at radius 1 is 1.00 bits per heavy atom. The Hall–Kier alpha value is -3.29. The van der Waals surface area contributed by atoms with Gasteiger partial charge in [0.15, 0.2) is 0 Å². The zero-order valence-electron chi connectivity index (χ0n) is 17.2. The van der Waals surface area contributed by atoms with Crippen LogP contribution < -0.4 is 0 Å². The number of carbonyl (C=O) groups is 1. The van der Waals surface area contributed by atoms with Gasteiger partial charge in [0, 0.05) is 13.7 Å². The lowest BCUT2D eigenvalue weighted by Gasteiger charge is -2.20. The van der Waals surface area contributed by atoms with Gasteiger partial charge in [0.05, 0.1) is 24.4 Å². The third-order valence-corrected chi connectivity index (χ3v) is 5.72. The third-order valence-electron chi connectivity index (χ3n) is 4.86. The smallest absolute Gasteiger partial charge is 0.257 e. The molecule has 0 fully saturated rings. The predicted molar refractivity (Wildman–Crippen MR) is 120 cm³/mol. The molecule has 2 aromatic carbocycles. The number of aromatic nitrogens is 2. The Balaban J connectivity index is 1.43. The number of rotatable bonds is 9. The molecule has 4 rings (SSSR count). The molecule has 0 spiro atoms. The van der Waals surface area contributed by atoms with Crippen molar-refractivity contribution in [1.82, 2.24) is 15.1 Å². The lowest BCUT2D eigenvalue weighted by Crippen LogP contribution is -2.34. The van der Waals surface area contributed by atoms with Crippen LogP contribution in [0.4, 0.5) is 0 Å². The molecule has 158 valence electrons. The number of carbonyl (C=O) groups excluding carboxylic acids is 1. The molecular weight excluding hydrogens is 410 g/mol. The number of hydrogen-bond donors (Lipinski definition) is 0. The van der Waals surface area contributed by atoms with E-state index in [4.69, 9.17) is 9.15 Å². The summed E-state index contributed by atoms with van der Waals surface area (Å²) in [4.78, 5) is 15.6. The number of hydrogen-bond acceptors (Lipinski definition) is 6. The van der Waals surface area contributed by atoms with Crippen LogP contribution in [0.1, 0.15) is 11.5 Å². The lowest BCUT2D eigenvalue weighted by atomic mass is 10.0. The fourth-order valence-corrected chi connectivity index (χ4v) is 3.85. The highest BCUT2D eigenvalue weighted by Crippen LogP contribution is 2.23. The second-order valence-electron chi connectivity index (χ2n) is 7.03. The summed E-state index contributed by atoms with van der Waals surface area (Å²) in [7, 11) is 1.62. The molecule has 4 aromatic rings. The monoisotopic (exact) mass is 433 g/mol. The standard InChI is InChI=1S/C24H23N3O3S/c1-29-14-13-27(17-22-25-26-24(30-22)21-8-5-15-31-21)23(28)16-18-9-11-20(12-10-18)19-6-3-2-4-7-19/h2-12,15H,13-14,16-17H2,1H3. The number of nitrogens with zero attached hydrogens (tertiary/aromatic N) is 3. The van der Waals surface area contributed by atoms with Gasteiger partial charge in [-0.2, -0.15) is 0 Å². The summed E-state index contributed by atoms with van der Waals surface area (Å²) >= 11 is 1.53. The first-order valence-electron chi connectivity index (χ1n) is 10.0. The highest BCUT2D eigenvalue weighted by molar-refractivity contribution is 7.13. The number of benzene rings is 2. The molecule has 0 saturated carbocycles. The average molecular weight is 434 g/mol. The fraction of sp³-hybridized carbons (Fsp3) is 0.208. The first-order valence-corrected chi connectivity index (χ1v) is 10.9. The van der Waals surface area contributed by atoms with Gasteiger partial charge in [-0.3, -0.25) is 4.79 Å². The maximum atomic E-state index is 13.0. The maximum absolute atomic E-state index is 13.0. The van der Waals surface area contributed by atoms with Gasteiger partial charge >= 0.3 is 0 Å². The van der Waals surface area contributed by atoms with Crippen LogP contribution in [0.15, 0.2) is 76.5 Å². The second kappa shape index (κ2) is 10.1. The number of thiophene rings is 1. The molecule has 0 unspecified atom stereocenters. The van der Waals surface area contributed by atoms with Crippen LogP contribution in [-0.4, -0.2) is 41.3 Å². The van der Waals surface area contributed by atoms with Crippen LogP contribution in [0, 0.1) is 0 Å². The molecule has 0 saturated heterocycles. The van der Waals surface area contributed by atoms with Crippen LogP contribution in [-0.2, 0) is 22.5 Å². The van der Waals surface area contributed by atoms with Crippen molar-refractivity contribution in [1.29, 1.82) is 0 Å². The van der Waals surface area contributed by atoms with Crippen LogP contribution in [0.2, 0.25) is 0 Å². The Morgan fingerprint density at radius 3 is 2.48 bits per heavy atom. The molecule has 7 heteroatoms. The summed E-state index contributed by atoms with van der Waals surface area (Å²) in [5.41, 5.74) is 3.23. The topological polar surface area (TPSA) is 68.5 Å². The van der Waals surface area contributed by atoms with Crippen LogP contribution in [0.5, 0.6) is 0 Å². The van der Waals surface area contributed by atoms with Crippen LogP contribution in [0.3, 0.4) is 0 Å². The van der Waals surface area contributed by atoms with Crippen molar-refractivity contribution in [2.45, 2.75) is 13.0 Å². The molecular formula is C24H23N3O3S. The Labute approximate surface area is 185 Å².